The first-order chi connectivity index (χ1) is 20.5. The third kappa shape index (κ3) is 7.85. The summed E-state index contributed by atoms with van der Waals surface area (Å²) < 4.78 is 11.8. The van der Waals surface area contributed by atoms with Crippen LogP contribution in [0.5, 0.6) is 0 Å². The van der Waals surface area contributed by atoms with E-state index in [4.69, 9.17) is 9.47 Å². The van der Waals surface area contributed by atoms with E-state index in [9.17, 15) is 19.2 Å². The summed E-state index contributed by atoms with van der Waals surface area (Å²) in [5, 5.41) is 9.32. The fraction of sp³-hybridized carbons (Fsp3) is 0.355. The second-order valence-corrected chi connectivity index (χ2v) is 11.1. The van der Waals surface area contributed by atoms with Crippen LogP contribution < -0.4 is 21.6 Å². The molecule has 4 rings (SSSR count). The van der Waals surface area contributed by atoms with E-state index in [0.29, 0.717) is 25.1 Å². The summed E-state index contributed by atoms with van der Waals surface area (Å²) in [7, 11) is 0. The van der Waals surface area contributed by atoms with E-state index in [0.717, 1.165) is 16.7 Å². The minimum atomic E-state index is -1.15. The Bertz CT molecular complexity index is 1550. The number of carbonyl (C=O) groups excluding carboxylic acids is 3. The zero-order valence-corrected chi connectivity index (χ0v) is 24.7. The van der Waals surface area contributed by atoms with Crippen LogP contribution in [0.15, 0.2) is 70.7 Å². The topological polar surface area (TPSA) is 153 Å². The van der Waals surface area contributed by atoms with Crippen LogP contribution in [0.2, 0.25) is 0 Å². The van der Waals surface area contributed by atoms with Crippen molar-refractivity contribution in [2.45, 2.75) is 71.2 Å². The number of nitrogens with one attached hydrogen (secondary N) is 3. The number of amides is 3. The van der Waals surface area contributed by atoms with E-state index in [1.807, 2.05) is 49.4 Å². The van der Waals surface area contributed by atoms with Crippen molar-refractivity contribution in [2.75, 3.05) is 5.32 Å². The van der Waals surface area contributed by atoms with Crippen molar-refractivity contribution in [1.29, 1.82) is 0 Å². The maximum atomic E-state index is 13.6. The van der Waals surface area contributed by atoms with Crippen molar-refractivity contribution in [3.05, 3.63) is 93.7 Å². The number of hydrazone groups is 1. The summed E-state index contributed by atoms with van der Waals surface area (Å²) in [6, 6.07) is 16.4. The van der Waals surface area contributed by atoms with Crippen molar-refractivity contribution in [3.63, 3.8) is 0 Å². The highest BCUT2D eigenvalue weighted by Crippen LogP contribution is 2.33. The number of aromatic nitrogens is 2. The van der Waals surface area contributed by atoms with Gasteiger partial charge in [0.15, 0.2) is 0 Å². The standard InChI is InChI=1S/C31H36N6O6/c1-5-31(27(39)33-17-21-11-13-22(14-12-21)18-34-36-29(41)43-30(2,3)4)16-15-25-32-19-24(26(38)37(25)31)35-28(40)42-20-23-9-7-6-8-10-23/h6-14,18-19H,5,15-17,20H2,1-4H3,(H,33,39)(H,35,40)(H,36,41). The minimum Gasteiger partial charge on any atom is -0.444 e. The molecule has 2 heterocycles. The first-order valence-corrected chi connectivity index (χ1v) is 14.0. The third-order valence-corrected chi connectivity index (χ3v) is 6.88. The lowest BCUT2D eigenvalue weighted by atomic mass is 9.92. The van der Waals surface area contributed by atoms with Gasteiger partial charge in [-0.1, -0.05) is 61.5 Å². The van der Waals surface area contributed by atoms with Crippen LogP contribution in [0.25, 0.3) is 0 Å². The monoisotopic (exact) mass is 588 g/mol. The summed E-state index contributed by atoms with van der Waals surface area (Å²) in [5.74, 6) is 0.169. The van der Waals surface area contributed by atoms with Crippen LogP contribution in [-0.4, -0.2) is 39.5 Å². The molecular formula is C31H36N6O6. The molecule has 1 unspecified atom stereocenters. The average molecular weight is 589 g/mol. The smallest absolute Gasteiger partial charge is 0.428 e. The van der Waals surface area contributed by atoms with Crippen molar-refractivity contribution in [2.24, 2.45) is 5.10 Å². The van der Waals surface area contributed by atoms with Gasteiger partial charge in [0.1, 0.15) is 29.3 Å². The Kier molecular flexibility index (Phi) is 9.59. The number of hydrogen-bond acceptors (Lipinski definition) is 8. The van der Waals surface area contributed by atoms with Crippen molar-refractivity contribution in [1.82, 2.24) is 20.3 Å². The van der Waals surface area contributed by atoms with Crippen molar-refractivity contribution >= 4 is 30.0 Å². The molecule has 0 saturated heterocycles. The summed E-state index contributed by atoms with van der Waals surface area (Å²) >= 11 is 0. The van der Waals surface area contributed by atoms with Crippen LogP contribution in [0.4, 0.5) is 15.3 Å². The van der Waals surface area contributed by atoms with Crippen LogP contribution in [-0.2, 0) is 39.4 Å². The summed E-state index contributed by atoms with van der Waals surface area (Å²) in [6.45, 7) is 7.41. The van der Waals surface area contributed by atoms with Gasteiger partial charge in [-0.2, -0.15) is 5.10 Å². The van der Waals surface area contributed by atoms with E-state index in [2.05, 4.69) is 26.1 Å². The fourth-order valence-electron chi connectivity index (χ4n) is 4.73. The number of aryl methyl sites for hydroxylation is 1. The normalized spacial score (nSPS) is 15.9. The molecule has 3 aromatic rings. The molecule has 12 heteroatoms. The maximum absolute atomic E-state index is 13.6. The lowest BCUT2D eigenvalue weighted by Crippen LogP contribution is -2.50. The summed E-state index contributed by atoms with van der Waals surface area (Å²) in [4.78, 5) is 55.5. The molecule has 0 spiro atoms. The molecule has 1 aliphatic rings. The molecule has 0 aliphatic carbocycles. The molecular weight excluding hydrogens is 552 g/mol. The van der Waals surface area contributed by atoms with Crippen LogP contribution in [0, 0.1) is 0 Å². The van der Waals surface area contributed by atoms with Gasteiger partial charge in [0.2, 0.25) is 5.91 Å². The predicted octanol–water partition coefficient (Wildman–Crippen LogP) is 4.22. The van der Waals surface area contributed by atoms with Gasteiger partial charge in [0.05, 0.1) is 12.4 Å². The molecule has 1 aromatic heterocycles. The van der Waals surface area contributed by atoms with E-state index < -0.39 is 28.9 Å². The number of anilines is 1. The van der Waals surface area contributed by atoms with Crippen molar-refractivity contribution < 1.29 is 23.9 Å². The Labute approximate surface area is 249 Å². The molecule has 1 atom stereocenters. The first kappa shape index (κ1) is 30.9. The Morgan fingerprint density at radius 1 is 1.05 bits per heavy atom. The van der Waals surface area contributed by atoms with Crippen LogP contribution in [0.3, 0.4) is 0 Å². The van der Waals surface area contributed by atoms with Gasteiger partial charge in [-0.05, 0) is 50.3 Å². The molecule has 3 amide bonds. The molecule has 0 saturated carbocycles. The molecule has 3 N–H and O–H groups in total. The number of carbonyl (C=O) groups is 3. The molecule has 12 nitrogen and oxygen atoms in total. The van der Waals surface area contributed by atoms with E-state index in [1.165, 1.54) is 17.0 Å². The predicted molar refractivity (Wildman–Crippen MR) is 161 cm³/mol. The van der Waals surface area contributed by atoms with Gasteiger partial charge < -0.3 is 14.8 Å². The summed E-state index contributed by atoms with van der Waals surface area (Å²) in [5.41, 5.74) is 2.34. The van der Waals surface area contributed by atoms with E-state index >= 15 is 0 Å². The molecule has 0 fully saturated rings. The third-order valence-electron chi connectivity index (χ3n) is 6.88. The Hall–Kier alpha value is -5.00. The van der Waals surface area contributed by atoms with Crippen LogP contribution >= 0.6 is 0 Å². The van der Waals surface area contributed by atoms with Gasteiger partial charge >= 0.3 is 12.2 Å². The highest BCUT2D eigenvalue weighted by Gasteiger charge is 2.45. The number of benzene rings is 2. The Morgan fingerprint density at radius 2 is 1.77 bits per heavy atom. The molecule has 0 radical (unpaired) electrons. The number of rotatable bonds is 9. The SMILES string of the molecule is CCC1(C(=O)NCc2ccc(C=NNC(=O)OC(C)(C)C)cc2)CCc2ncc(NC(=O)OCc3ccccc3)c(=O)n21. The van der Waals surface area contributed by atoms with Gasteiger partial charge in [-0.3, -0.25) is 19.5 Å². The molecule has 1 aliphatic heterocycles. The Morgan fingerprint density at radius 3 is 2.44 bits per heavy atom. The number of ether oxygens (including phenoxy) is 2. The lowest BCUT2D eigenvalue weighted by Gasteiger charge is -2.29. The number of fused-ring (bicyclic) bond motifs is 1. The van der Waals surface area contributed by atoms with Gasteiger partial charge in [-0.25, -0.2) is 20.0 Å². The zero-order chi connectivity index (χ0) is 31.0. The highest BCUT2D eigenvalue weighted by atomic mass is 16.6. The van der Waals surface area contributed by atoms with Crippen molar-refractivity contribution in [3.8, 4) is 0 Å². The molecule has 2 aromatic carbocycles. The van der Waals surface area contributed by atoms with Gasteiger partial charge in [0.25, 0.3) is 5.56 Å². The second kappa shape index (κ2) is 13.3. The maximum Gasteiger partial charge on any atom is 0.428 e. The quantitative estimate of drug-likeness (QED) is 0.250. The molecule has 43 heavy (non-hydrogen) atoms. The number of hydrogen-bond donors (Lipinski definition) is 3. The van der Waals surface area contributed by atoms with Gasteiger partial charge in [0, 0.05) is 13.0 Å². The largest absolute Gasteiger partial charge is 0.444 e. The molecule has 226 valence electrons. The van der Waals surface area contributed by atoms with Crippen LogP contribution in [0.1, 0.15) is 63.1 Å². The second-order valence-electron chi connectivity index (χ2n) is 11.1. The van der Waals surface area contributed by atoms with Gasteiger partial charge in [-0.15, -0.1) is 0 Å². The number of nitrogens with zero attached hydrogens (tertiary/aromatic N) is 3. The minimum absolute atomic E-state index is 0.0461. The average Bonchev–Trinajstić information content (AvgIpc) is 3.37. The highest BCUT2D eigenvalue weighted by molar-refractivity contribution is 5.86. The lowest BCUT2D eigenvalue weighted by molar-refractivity contribution is -0.130. The first-order valence-electron chi connectivity index (χ1n) is 14.0. The zero-order valence-electron chi connectivity index (χ0n) is 24.7. The van der Waals surface area contributed by atoms with E-state index in [1.54, 1.807) is 32.9 Å². The van der Waals surface area contributed by atoms with E-state index in [-0.39, 0.29) is 24.7 Å². The fourth-order valence-corrected chi connectivity index (χ4v) is 4.73. The summed E-state index contributed by atoms with van der Waals surface area (Å²) in [6.07, 6.45) is 2.55. The molecule has 0 bridgehead atoms. The Balaban J connectivity index is 1.38.